The Balaban J connectivity index is 1.60. The lowest BCUT2D eigenvalue weighted by atomic mass is 10.1. The van der Waals surface area contributed by atoms with Crippen LogP contribution in [0.5, 0.6) is 0 Å². The van der Waals surface area contributed by atoms with E-state index < -0.39 is 0 Å². The van der Waals surface area contributed by atoms with Gasteiger partial charge in [-0.25, -0.2) is 0 Å². The molecule has 2 aliphatic heterocycles. The van der Waals surface area contributed by atoms with E-state index in [0.717, 1.165) is 6.54 Å². The fourth-order valence-corrected chi connectivity index (χ4v) is 2.95. The fourth-order valence-electron chi connectivity index (χ4n) is 2.95. The lowest BCUT2D eigenvalue weighted by Crippen LogP contribution is -2.43. The Morgan fingerprint density at radius 2 is 2.00 bits per heavy atom. The molecule has 2 saturated heterocycles. The minimum atomic E-state index is 0.546. The zero-order chi connectivity index (χ0) is 11.4. The van der Waals surface area contributed by atoms with Crippen molar-refractivity contribution in [2.24, 2.45) is 0 Å². The SMILES string of the molecule is CCNC(C)CCCN1CC2CCC(C1)O2. The minimum absolute atomic E-state index is 0.546. The highest BCUT2D eigenvalue weighted by molar-refractivity contribution is 4.84. The summed E-state index contributed by atoms with van der Waals surface area (Å²) in [6.07, 6.45) is 6.27. The average Bonchev–Trinajstić information content (AvgIpc) is 2.59. The average molecular weight is 226 g/mol. The van der Waals surface area contributed by atoms with E-state index in [0.29, 0.717) is 18.2 Å². The van der Waals surface area contributed by atoms with Gasteiger partial charge in [0.2, 0.25) is 0 Å². The molecule has 0 radical (unpaired) electrons. The van der Waals surface area contributed by atoms with Gasteiger partial charge in [0, 0.05) is 19.1 Å². The molecule has 2 fully saturated rings. The Labute approximate surface area is 99.5 Å². The van der Waals surface area contributed by atoms with Crippen molar-refractivity contribution in [2.75, 3.05) is 26.2 Å². The minimum Gasteiger partial charge on any atom is -0.372 e. The molecule has 2 aliphatic rings. The van der Waals surface area contributed by atoms with Crippen LogP contribution < -0.4 is 5.32 Å². The third kappa shape index (κ3) is 3.44. The topological polar surface area (TPSA) is 24.5 Å². The monoisotopic (exact) mass is 226 g/mol. The van der Waals surface area contributed by atoms with Crippen molar-refractivity contribution in [1.82, 2.24) is 10.2 Å². The van der Waals surface area contributed by atoms with Crippen LogP contribution in [-0.4, -0.2) is 49.3 Å². The predicted molar refractivity (Wildman–Crippen MR) is 66.7 cm³/mol. The molecule has 1 N–H and O–H groups in total. The molecular weight excluding hydrogens is 200 g/mol. The Kier molecular flexibility index (Phi) is 4.62. The highest BCUT2D eigenvalue weighted by atomic mass is 16.5. The summed E-state index contributed by atoms with van der Waals surface area (Å²) in [4.78, 5) is 2.60. The number of morpholine rings is 1. The molecule has 0 aromatic rings. The Hall–Kier alpha value is -0.120. The van der Waals surface area contributed by atoms with Gasteiger partial charge in [0.15, 0.2) is 0 Å². The van der Waals surface area contributed by atoms with Gasteiger partial charge in [0.1, 0.15) is 0 Å². The number of rotatable bonds is 6. The van der Waals surface area contributed by atoms with Crippen molar-refractivity contribution in [3.63, 3.8) is 0 Å². The highest BCUT2D eigenvalue weighted by Gasteiger charge is 2.33. The first kappa shape index (κ1) is 12.3. The maximum Gasteiger partial charge on any atom is 0.0707 e. The summed E-state index contributed by atoms with van der Waals surface area (Å²) >= 11 is 0. The molecular formula is C13H26N2O. The van der Waals surface area contributed by atoms with Crippen molar-refractivity contribution >= 4 is 0 Å². The molecule has 0 saturated carbocycles. The van der Waals surface area contributed by atoms with Crippen LogP contribution in [0.4, 0.5) is 0 Å². The smallest absolute Gasteiger partial charge is 0.0707 e. The zero-order valence-corrected chi connectivity index (χ0v) is 10.7. The summed E-state index contributed by atoms with van der Waals surface area (Å²) in [5, 5.41) is 3.47. The normalized spacial score (nSPS) is 31.9. The largest absolute Gasteiger partial charge is 0.372 e. The molecule has 16 heavy (non-hydrogen) atoms. The van der Waals surface area contributed by atoms with Gasteiger partial charge in [0.25, 0.3) is 0 Å². The van der Waals surface area contributed by atoms with E-state index in [2.05, 4.69) is 24.1 Å². The quantitative estimate of drug-likeness (QED) is 0.745. The van der Waals surface area contributed by atoms with E-state index in [4.69, 9.17) is 4.74 Å². The van der Waals surface area contributed by atoms with Crippen molar-refractivity contribution < 1.29 is 4.74 Å². The van der Waals surface area contributed by atoms with Crippen LogP contribution in [0.3, 0.4) is 0 Å². The van der Waals surface area contributed by atoms with Crippen molar-refractivity contribution in [1.29, 1.82) is 0 Å². The van der Waals surface area contributed by atoms with Crippen LogP contribution in [0.15, 0.2) is 0 Å². The number of nitrogens with one attached hydrogen (secondary N) is 1. The second kappa shape index (κ2) is 5.99. The molecule has 2 rings (SSSR count). The van der Waals surface area contributed by atoms with Crippen molar-refractivity contribution in [3.05, 3.63) is 0 Å². The van der Waals surface area contributed by atoms with Crippen LogP contribution >= 0.6 is 0 Å². The van der Waals surface area contributed by atoms with E-state index in [-0.39, 0.29) is 0 Å². The maximum absolute atomic E-state index is 5.84. The van der Waals surface area contributed by atoms with E-state index in [1.807, 2.05) is 0 Å². The summed E-state index contributed by atoms with van der Waals surface area (Å²) in [6, 6.07) is 0.669. The fraction of sp³-hybridized carbons (Fsp3) is 1.00. The molecule has 2 heterocycles. The summed E-state index contributed by atoms with van der Waals surface area (Å²) in [5.74, 6) is 0. The summed E-state index contributed by atoms with van der Waals surface area (Å²) in [5.41, 5.74) is 0. The highest BCUT2D eigenvalue weighted by Crippen LogP contribution is 2.26. The van der Waals surface area contributed by atoms with Crippen LogP contribution in [0.25, 0.3) is 0 Å². The van der Waals surface area contributed by atoms with E-state index in [1.54, 1.807) is 0 Å². The lowest BCUT2D eigenvalue weighted by molar-refractivity contribution is -0.0386. The number of ether oxygens (including phenoxy) is 1. The Bertz CT molecular complexity index is 198. The molecule has 2 bridgehead atoms. The lowest BCUT2D eigenvalue weighted by Gasteiger charge is -2.32. The second-order valence-electron chi connectivity index (χ2n) is 5.32. The molecule has 0 aromatic heterocycles. The first-order valence-electron chi connectivity index (χ1n) is 6.89. The molecule has 0 spiro atoms. The standard InChI is InChI=1S/C13H26N2O/c1-3-14-11(2)5-4-8-15-9-12-6-7-13(10-15)16-12/h11-14H,3-10H2,1-2H3. The van der Waals surface area contributed by atoms with Gasteiger partial charge in [-0.15, -0.1) is 0 Å². The second-order valence-corrected chi connectivity index (χ2v) is 5.32. The number of hydrogen-bond donors (Lipinski definition) is 1. The zero-order valence-electron chi connectivity index (χ0n) is 10.7. The van der Waals surface area contributed by atoms with Crippen molar-refractivity contribution in [3.8, 4) is 0 Å². The number of fused-ring (bicyclic) bond motifs is 2. The van der Waals surface area contributed by atoms with Crippen LogP contribution in [0.2, 0.25) is 0 Å². The molecule has 0 aromatic carbocycles. The maximum atomic E-state index is 5.84. The Morgan fingerprint density at radius 1 is 1.31 bits per heavy atom. The van der Waals surface area contributed by atoms with Gasteiger partial charge in [-0.1, -0.05) is 6.92 Å². The first-order valence-corrected chi connectivity index (χ1v) is 6.89. The first-order chi connectivity index (χ1) is 7.78. The summed E-state index contributed by atoms with van der Waals surface area (Å²) < 4.78 is 5.84. The van der Waals surface area contributed by atoms with E-state index in [9.17, 15) is 0 Å². The van der Waals surface area contributed by atoms with Gasteiger partial charge < -0.3 is 10.1 Å². The number of hydrogen-bond acceptors (Lipinski definition) is 3. The van der Waals surface area contributed by atoms with Gasteiger partial charge in [0.05, 0.1) is 12.2 Å². The summed E-state index contributed by atoms with van der Waals surface area (Å²) in [7, 11) is 0. The molecule has 0 aliphatic carbocycles. The molecule has 94 valence electrons. The van der Waals surface area contributed by atoms with Crippen LogP contribution in [0, 0.1) is 0 Å². The molecule has 3 heteroatoms. The van der Waals surface area contributed by atoms with Gasteiger partial charge >= 0.3 is 0 Å². The third-order valence-electron chi connectivity index (χ3n) is 3.78. The molecule has 3 unspecified atom stereocenters. The van der Waals surface area contributed by atoms with Gasteiger partial charge in [-0.3, -0.25) is 4.90 Å². The molecule has 0 amide bonds. The Morgan fingerprint density at radius 3 is 2.62 bits per heavy atom. The molecule has 3 nitrogen and oxygen atoms in total. The van der Waals surface area contributed by atoms with Crippen LogP contribution in [0.1, 0.15) is 39.5 Å². The van der Waals surface area contributed by atoms with Crippen LogP contribution in [-0.2, 0) is 4.74 Å². The van der Waals surface area contributed by atoms with E-state index >= 15 is 0 Å². The summed E-state index contributed by atoms with van der Waals surface area (Å²) in [6.45, 7) is 9.15. The number of nitrogens with zero attached hydrogens (tertiary/aromatic N) is 1. The van der Waals surface area contributed by atoms with Gasteiger partial charge in [-0.05, 0) is 45.7 Å². The number of likely N-dealkylation sites (tertiary alicyclic amines) is 1. The molecule has 3 atom stereocenters. The van der Waals surface area contributed by atoms with Gasteiger partial charge in [-0.2, -0.15) is 0 Å². The van der Waals surface area contributed by atoms with E-state index in [1.165, 1.54) is 45.3 Å². The predicted octanol–water partition coefficient (Wildman–Crippen LogP) is 1.63. The third-order valence-corrected chi connectivity index (χ3v) is 3.78. The van der Waals surface area contributed by atoms with Crippen molar-refractivity contribution in [2.45, 2.75) is 57.8 Å².